The molecule has 1 amide bonds. The number of piperidine rings is 1. The summed E-state index contributed by atoms with van der Waals surface area (Å²) in [6, 6.07) is 0.476. The molecular formula is C15H26N2O. The van der Waals surface area contributed by atoms with Gasteiger partial charge in [-0.2, -0.15) is 0 Å². The third-order valence-corrected chi connectivity index (χ3v) is 4.26. The fraction of sp³-hybridized carbons (Fsp3) is 0.800. The standard InChI is InChI=1S/C15H26N2O/c1-16-11-10-14-9-5-6-12-17(14)15(18)13-7-3-2-4-8-13/h2-3,13-14,16H,4-12H2,1H3. The third-order valence-electron chi connectivity index (χ3n) is 4.26. The highest BCUT2D eigenvalue weighted by Gasteiger charge is 2.30. The number of carbonyl (C=O) groups is 1. The Balaban J connectivity index is 1.94. The van der Waals surface area contributed by atoms with E-state index < -0.39 is 0 Å². The van der Waals surface area contributed by atoms with Gasteiger partial charge in [-0.05, 0) is 58.5 Å². The highest BCUT2D eigenvalue weighted by molar-refractivity contribution is 5.79. The molecule has 0 aromatic rings. The van der Waals surface area contributed by atoms with E-state index in [1.54, 1.807) is 0 Å². The number of allylic oxidation sites excluding steroid dienone is 2. The van der Waals surface area contributed by atoms with Crippen molar-refractivity contribution in [3.8, 4) is 0 Å². The van der Waals surface area contributed by atoms with Crippen LogP contribution in [0.4, 0.5) is 0 Å². The van der Waals surface area contributed by atoms with Crippen LogP contribution in [-0.2, 0) is 4.79 Å². The molecule has 0 spiro atoms. The minimum Gasteiger partial charge on any atom is -0.339 e. The van der Waals surface area contributed by atoms with Crippen LogP contribution in [-0.4, -0.2) is 37.0 Å². The summed E-state index contributed by atoms with van der Waals surface area (Å²) in [5, 5.41) is 3.20. The maximum atomic E-state index is 12.6. The maximum absolute atomic E-state index is 12.6. The molecule has 3 heteroatoms. The van der Waals surface area contributed by atoms with Crippen molar-refractivity contribution in [1.29, 1.82) is 0 Å². The summed E-state index contributed by atoms with van der Waals surface area (Å²) in [4.78, 5) is 14.8. The van der Waals surface area contributed by atoms with Crippen molar-refractivity contribution in [2.45, 2.75) is 51.0 Å². The van der Waals surface area contributed by atoms with E-state index >= 15 is 0 Å². The van der Waals surface area contributed by atoms with Gasteiger partial charge in [0.15, 0.2) is 0 Å². The Bertz CT molecular complexity index is 301. The van der Waals surface area contributed by atoms with E-state index in [4.69, 9.17) is 0 Å². The number of nitrogens with zero attached hydrogens (tertiary/aromatic N) is 1. The molecule has 2 unspecified atom stereocenters. The Morgan fingerprint density at radius 2 is 2.22 bits per heavy atom. The SMILES string of the molecule is CNCCC1CCCCN1C(=O)C1CC=CCC1. The lowest BCUT2D eigenvalue weighted by Gasteiger charge is -2.38. The Labute approximate surface area is 111 Å². The average Bonchev–Trinajstić information content (AvgIpc) is 2.45. The van der Waals surface area contributed by atoms with Gasteiger partial charge in [-0.3, -0.25) is 4.79 Å². The van der Waals surface area contributed by atoms with Crippen molar-refractivity contribution in [2.24, 2.45) is 5.92 Å². The Hall–Kier alpha value is -0.830. The molecule has 0 bridgehead atoms. The van der Waals surface area contributed by atoms with Crippen molar-refractivity contribution in [3.63, 3.8) is 0 Å². The molecule has 1 fully saturated rings. The van der Waals surface area contributed by atoms with E-state index in [0.29, 0.717) is 11.9 Å². The fourth-order valence-corrected chi connectivity index (χ4v) is 3.15. The van der Waals surface area contributed by atoms with E-state index in [9.17, 15) is 4.79 Å². The van der Waals surface area contributed by atoms with Gasteiger partial charge in [-0.25, -0.2) is 0 Å². The van der Waals surface area contributed by atoms with E-state index in [1.165, 1.54) is 19.3 Å². The smallest absolute Gasteiger partial charge is 0.226 e. The van der Waals surface area contributed by atoms with E-state index in [1.807, 2.05) is 7.05 Å². The second-order valence-corrected chi connectivity index (χ2v) is 5.55. The van der Waals surface area contributed by atoms with E-state index in [-0.39, 0.29) is 5.92 Å². The molecule has 1 saturated heterocycles. The molecule has 1 N–H and O–H groups in total. The highest BCUT2D eigenvalue weighted by atomic mass is 16.2. The molecule has 0 radical (unpaired) electrons. The van der Waals surface area contributed by atoms with Crippen molar-refractivity contribution in [1.82, 2.24) is 10.2 Å². The molecular weight excluding hydrogens is 224 g/mol. The molecule has 1 aliphatic carbocycles. The summed E-state index contributed by atoms with van der Waals surface area (Å²) in [6.07, 6.45) is 12.2. The second kappa shape index (κ2) is 6.93. The van der Waals surface area contributed by atoms with Gasteiger partial charge < -0.3 is 10.2 Å². The Morgan fingerprint density at radius 3 is 2.94 bits per heavy atom. The summed E-state index contributed by atoms with van der Waals surface area (Å²) in [7, 11) is 1.99. The molecule has 3 nitrogen and oxygen atoms in total. The average molecular weight is 250 g/mol. The van der Waals surface area contributed by atoms with Gasteiger partial charge in [0.2, 0.25) is 5.91 Å². The van der Waals surface area contributed by atoms with Crippen molar-refractivity contribution >= 4 is 5.91 Å². The third kappa shape index (κ3) is 3.35. The zero-order valence-electron chi connectivity index (χ0n) is 11.5. The Kier molecular flexibility index (Phi) is 5.24. The number of amides is 1. The van der Waals surface area contributed by atoms with Crippen LogP contribution in [0, 0.1) is 5.92 Å². The first-order valence-corrected chi connectivity index (χ1v) is 7.43. The molecule has 102 valence electrons. The summed E-state index contributed by atoms with van der Waals surface area (Å²) >= 11 is 0. The van der Waals surface area contributed by atoms with Crippen LogP contribution < -0.4 is 5.32 Å². The van der Waals surface area contributed by atoms with Gasteiger partial charge in [0, 0.05) is 18.5 Å². The lowest BCUT2D eigenvalue weighted by Crippen LogP contribution is -2.47. The van der Waals surface area contributed by atoms with Gasteiger partial charge >= 0.3 is 0 Å². The number of carbonyl (C=O) groups excluding carboxylic acids is 1. The summed E-state index contributed by atoms with van der Waals surface area (Å²) in [5.74, 6) is 0.672. The van der Waals surface area contributed by atoms with Crippen LogP contribution in [0.15, 0.2) is 12.2 Å². The summed E-state index contributed by atoms with van der Waals surface area (Å²) in [5.41, 5.74) is 0. The normalized spacial score (nSPS) is 28.4. The molecule has 18 heavy (non-hydrogen) atoms. The maximum Gasteiger partial charge on any atom is 0.226 e. The predicted molar refractivity (Wildman–Crippen MR) is 74.4 cm³/mol. The first-order chi connectivity index (χ1) is 8.83. The van der Waals surface area contributed by atoms with Gasteiger partial charge in [0.1, 0.15) is 0 Å². The quantitative estimate of drug-likeness (QED) is 0.777. The number of nitrogens with one attached hydrogen (secondary N) is 1. The number of rotatable bonds is 4. The highest BCUT2D eigenvalue weighted by Crippen LogP contribution is 2.26. The van der Waals surface area contributed by atoms with Crippen molar-refractivity contribution in [2.75, 3.05) is 20.1 Å². The minimum atomic E-state index is 0.255. The molecule has 0 saturated carbocycles. The first kappa shape index (κ1) is 13.6. The first-order valence-electron chi connectivity index (χ1n) is 7.43. The van der Waals surface area contributed by atoms with Gasteiger partial charge in [0.25, 0.3) is 0 Å². The van der Waals surface area contributed by atoms with Crippen LogP contribution in [0.25, 0.3) is 0 Å². The van der Waals surface area contributed by atoms with Crippen molar-refractivity contribution in [3.05, 3.63) is 12.2 Å². The minimum absolute atomic E-state index is 0.255. The van der Waals surface area contributed by atoms with Crippen molar-refractivity contribution < 1.29 is 4.79 Å². The fourth-order valence-electron chi connectivity index (χ4n) is 3.15. The molecule has 2 rings (SSSR count). The number of likely N-dealkylation sites (tertiary alicyclic amines) is 1. The number of hydrogen-bond donors (Lipinski definition) is 1. The van der Waals surface area contributed by atoms with Crippen LogP contribution in [0.1, 0.15) is 44.9 Å². The predicted octanol–water partition coefficient (Wildman–Crippen LogP) is 2.33. The van der Waals surface area contributed by atoms with E-state index in [2.05, 4.69) is 22.4 Å². The van der Waals surface area contributed by atoms with E-state index in [0.717, 1.165) is 38.8 Å². The largest absolute Gasteiger partial charge is 0.339 e. The Morgan fingerprint density at radius 1 is 1.33 bits per heavy atom. The molecule has 2 atom stereocenters. The lowest BCUT2D eigenvalue weighted by molar-refractivity contribution is -0.139. The second-order valence-electron chi connectivity index (χ2n) is 5.55. The van der Waals surface area contributed by atoms with Gasteiger partial charge in [-0.15, -0.1) is 0 Å². The molecule has 1 heterocycles. The summed E-state index contributed by atoms with van der Waals surface area (Å²) < 4.78 is 0. The monoisotopic (exact) mass is 250 g/mol. The van der Waals surface area contributed by atoms with Crippen LogP contribution in [0.5, 0.6) is 0 Å². The molecule has 0 aromatic carbocycles. The van der Waals surface area contributed by atoms with Crippen LogP contribution >= 0.6 is 0 Å². The zero-order chi connectivity index (χ0) is 12.8. The van der Waals surface area contributed by atoms with Crippen LogP contribution in [0.2, 0.25) is 0 Å². The molecule has 0 aromatic heterocycles. The molecule has 2 aliphatic rings. The lowest BCUT2D eigenvalue weighted by atomic mass is 9.90. The van der Waals surface area contributed by atoms with Crippen LogP contribution in [0.3, 0.4) is 0 Å². The van der Waals surface area contributed by atoms with Gasteiger partial charge in [0.05, 0.1) is 0 Å². The summed E-state index contributed by atoms with van der Waals surface area (Å²) in [6.45, 7) is 1.99. The van der Waals surface area contributed by atoms with Gasteiger partial charge in [-0.1, -0.05) is 12.2 Å². The molecule has 1 aliphatic heterocycles. The number of hydrogen-bond acceptors (Lipinski definition) is 2. The zero-order valence-corrected chi connectivity index (χ0v) is 11.5. The topological polar surface area (TPSA) is 32.3 Å².